The van der Waals surface area contributed by atoms with E-state index in [-0.39, 0.29) is 0 Å². The first-order valence-corrected chi connectivity index (χ1v) is 15.5. The maximum Gasteiger partial charge on any atom is 0.156 e. The van der Waals surface area contributed by atoms with Gasteiger partial charge in [-0.15, -0.1) is 10.2 Å². The summed E-state index contributed by atoms with van der Waals surface area (Å²) in [5.74, 6) is 3.39. The molecular formula is C35H43N5O3. The van der Waals surface area contributed by atoms with Crippen LogP contribution in [0.1, 0.15) is 37.7 Å². The molecule has 1 atom stereocenters. The minimum Gasteiger partial charge on any atom is -0.497 e. The first-order chi connectivity index (χ1) is 21.1. The molecule has 0 aliphatic carbocycles. The molecule has 3 heterocycles. The number of methoxy groups -OCH3 is 2. The van der Waals surface area contributed by atoms with Crippen LogP contribution in [0.3, 0.4) is 0 Å². The molecular weight excluding hydrogens is 538 g/mol. The molecule has 0 radical (unpaired) electrons. The Labute approximate surface area is 255 Å². The fraction of sp³-hybridized carbons (Fsp3) is 0.429. The molecule has 0 saturated carbocycles. The van der Waals surface area contributed by atoms with E-state index in [9.17, 15) is 0 Å². The lowest BCUT2D eigenvalue weighted by atomic mass is 10.0. The highest BCUT2D eigenvalue weighted by Gasteiger charge is 2.22. The summed E-state index contributed by atoms with van der Waals surface area (Å²) in [5, 5.41) is 15.1. The molecule has 2 aliphatic rings. The number of anilines is 1. The van der Waals surface area contributed by atoms with Crippen molar-refractivity contribution in [1.29, 1.82) is 0 Å². The van der Waals surface area contributed by atoms with Gasteiger partial charge in [0.05, 0.1) is 20.8 Å². The maximum absolute atomic E-state index is 6.05. The molecule has 1 unspecified atom stereocenters. The highest BCUT2D eigenvalue weighted by atomic mass is 16.5. The number of piperidine rings is 1. The minimum atomic E-state index is 0.335. The van der Waals surface area contributed by atoms with E-state index >= 15 is 0 Å². The summed E-state index contributed by atoms with van der Waals surface area (Å²) in [7, 11) is 5.59. The Bertz CT molecular complexity index is 1490. The fourth-order valence-electron chi connectivity index (χ4n) is 6.36. The molecule has 4 aromatic rings. The highest BCUT2D eigenvalue weighted by molar-refractivity contribution is 6.00. The largest absolute Gasteiger partial charge is 0.497 e. The van der Waals surface area contributed by atoms with Gasteiger partial charge in [0.25, 0.3) is 0 Å². The van der Waals surface area contributed by atoms with Crippen molar-refractivity contribution < 1.29 is 14.2 Å². The van der Waals surface area contributed by atoms with Crippen molar-refractivity contribution in [1.82, 2.24) is 20.0 Å². The molecule has 43 heavy (non-hydrogen) atoms. The van der Waals surface area contributed by atoms with Gasteiger partial charge in [-0.05, 0) is 106 Å². The smallest absolute Gasteiger partial charge is 0.156 e. The van der Waals surface area contributed by atoms with E-state index in [1.165, 1.54) is 24.9 Å². The van der Waals surface area contributed by atoms with E-state index in [1.807, 2.05) is 30.3 Å². The number of nitrogens with one attached hydrogen (secondary N) is 1. The molecule has 8 nitrogen and oxygen atoms in total. The Kier molecular flexibility index (Phi) is 9.24. The standard InChI is InChI=1S/C35H43N5O3/c1-39-19-4-5-28(39)18-22-43-30-10-6-25(7-11-30)24-40-20-16-27(17-21-40)36-35-33-23-31(42-3)14-15-32(33)34(37-38-35)26-8-12-29(41-2)13-9-26/h6-15,23,27-28H,4-5,16-22,24H2,1-3H3,(H,36,38). The van der Waals surface area contributed by atoms with E-state index < -0.39 is 0 Å². The predicted octanol–water partition coefficient (Wildman–Crippen LogP) is 6.25. The number of likely N-dealkylation sites (tertiary alicyclic amines) is 2. The molecule has 2 aliphatic heterocycles. The molecule has 6 rings (SSSR count). The van der Waals surface area contributed by atoms with Gasteiger partial charge in [0.2, 0.25) is 0 Å². The van der Waals surface area contributed by atoms with Crippen LogP contribution in [0.4, 0.5) is 5.82 Å². The third kappa shape index (κ3) is 7.03. The molecule has 2 saturated heterocycles. The van der Waals surface area contributed by atoms with Crippen molar-refractivity contribution >= 4 is 16.6 Å². The van der Waals surface area contributed by atoms with E-state index in [2.05, 4.69) is 68.8 Å². The summed E-state index contributed by atoms with van der Waals surface area (Å²) in [6, 6.07) is 23.7. The molecule has 3 aromatic carbocycles. The Morgan fingerprint density at radius 1 is 0.791 bits per heavy atom. The van der Waals surface area contributed by atoms with Crippen LogP contribution in [-0.2, 0) is 6.54 Å². The van der Waals surface area contributed by atoms with Crippen molar-refractivity contribution in [2.45, 2.75) is 50.7 Å². The van der Waals surface area contributed by atoms with Gasteiger partial charge >= 0.3 is 0 Å². The molecule has 0 spiro atoms. The van der Waals surface area contributed by atoms with Crippen molar-refractivity contribution in [3.63, 3.8) is 0 Å². The van der Waals surface area contributed by atoms with Crippen LogP contribution in [0.5, 0.6) is 17.2 Å². The van der Waals surface area contributed by atoms with E-state index in [4.69, 9.17) is 14.2 Å². The predicted molar refractivity (Wildman–Crippen MR) is 172 cm³/mol. The lowest BCUT2D eigenvalue weighted by molar-refractivity contribution is 0.211. The summed E-state index contributed by atoms with van der Waals surface area (Å²) >= 11 is 0. The first-order valence-electron chi connectivity index (χ1n) is 15.5. The van der Waals surface area contributed by atoms with Gasteiger partial charge in [0.15, 0.2) is 5.82 Å². The summed E-state index contributed by atoms with van der Waals surface area (Å²) in [6.07, 6.45) is 5.79. The molecule has 226 valence electrons. The van der Waals surface area contributed by atoms with Crippen LogP contribution in [-0.4, -0.2) is 79.6 Å². The third-order valence-electron chi connectivity index (χ3n) is 9.00. The molecule has 0 bridgehead atoms. The van der Waals surface area contributed by atoms with Crippen molar-refractivity contribution in [2.75, 3.05) is 52.8 Å². The zero-order valence-corrected chi connectivity index (χ0v) is 25.6. The average molecular weight is 582 g/mol. The second-order valence-electron chi connectivity index (χ2n) is 11.8. The Morgan fingerprint density at radius 2 is 1.51 bits per heavy atom. The molecule has 2 fully saturated rings. The Hall–Kier alpha value is -3.88. The number of hydrogen-bond acceptors (Lipinski definition) is 8. The van der Waals surface area contributed by atoms with Crippen LogP contribution < -0.4 is 19.5 Å². The van der Waals surface area contributed by atoms with Crippen LogP contribution in [0.2, 0.25) is 0 Å². The fourth-order valence-corrected chi connectivity index (χ4v) is 6.36. The number of fused-ring (bicyclic) bond motifs is 1. The maximum atomic E-state index is 6.05. The lowest BCUT2D eigenvalue weighted by Crippen LogP contribution is -2.38. The number of nitrogens with zero attached hydrogens (tertiary/aromatic N) is 4. The van der Waals surface area contributed by atoms with Gasteiger partial charge in [0.1, 0.15) is 22.9 Å². The number of benzene rings is 3. The van der Waals surface area contributed by atoms with Gasteiger partial charge in [-0.3, -0.25) is 4.90 Å². The van der Waals surface area contributed by atoms with Crippen molar-refractivity contribution in [2.24, 2.45) is 0 Å². The topological polar surface area (TPSA) is 72.0 Å². The van der Waals surface area contributed by atoms with Gasteiger partial charge < -0.3 is 24.4 Å². The normalized spacial score (nSPS) is 18.2. The monoisotopic (exact) mass is 581 g/mol. The Balaban J connectivity index is 1.04. The van der Waals surface area contributed by atoms with Crippen molar-refractivity contribution in [3.05, 3.63) is 72.3 Å². The van der Waals surface area contributed by atoms with Gasteiger partial charge in [-0.25, -0.2) is 0 Å². The Morgan fingerprint density at radius 3 is 2.21 bits per heavy atom. The van der Waals surface area contributed by atoms with Crippen LogP contribution >= 0.6 is 0 Å². The number of hydrogen-bond donors (Lipinski definition) is 1. The second-order valence-corrected chi connectivity index (χ2v) is 11.8. The summed E-state index contributed by atoms with van der Waals surface area (Å²) in [5.41, 5.74) is 3.17. The van der Waals surface area contributed by atoms with Crippen LogP contribution in [0.15, 0.2) is 66.7 Å². The number of aromatic nitrogens is 2. The minimum absolute atomic E-state index is 0.335. The first kappa shape index (κ1) is 29.2. The van der Waals surface area contributed by atoms with E-state index in [1.54, 1.807) is 14.2 Å². The summed E-state index contributed by atoms with van der Waals surface area (Å²) in [4.78, 5) is 4.99. The average Bonchev–Trinajstić information content (AvgIpc) is 3.47. The zero-order chi connectivity index (χ0) is 29.6. The quantitative estimate of drug-likeness (QED) is 0.223. The van der Waals surface area contributed by atoms with Gasteiger partial charge in [-0.1, -0.05) is 12.1 Å². The zero-order valence-electron chi connectivity index (χ0n) is 25.6. The van der Waals surface area contributed by atoms with Gasteiger partial charge in [-0.2, -0.15) is 0 Å². The second kappa shape index (κ2) is 13.6. The highest BCUT2D eigenvalue weighted by Crippen LogP contribution is 2.34. The molecule has 8 heteroatoms. The summed E-state index contributed by atoms with van der Waals surface area (Å²) < 4.78 is 16.9. The molecule has 0 amide bonds. The summed E-state index contributed by atoms with van der Waals surface area (Å²) in [6.45, 7) is 5.01. The van der Waals surface area contributed by atoms with E-state index in [0.29, 0.717) is 12.1 Å². The lowest BCUT2D eigenvalue weighted by Gasteiger charge is -2.32. The SMILES string of the molecule is COc1ccc(-c2nnc(NC3CCN(Cc4ccc(OCCC5CCCN5C)cc4)CC3)c3cc(OC)ccc23)cc1. The van der Waals surface area contributed by atoms with Crippen LogP contribution in [0.25, 0.3) is 22.0 Å². The molecule has 1 N–H and O–H groups in total. The van der Waals surface area contributed by atoms with E-state index in [0.717, 1.165) is 90.6 Å². The van der Waals surface area contributed by atoms with Crippen LogP contribution in [0, 0.1) is 0 Å². The number of ether oxygens (including phenoxy) is 3. The molecule has 1 aromatic heterocycles. The van der Waals surface area contributed by atoms with Gasteiger partial charge in [0, 0.05) is 48.1 Å². The third-order valence-corrected chi connectivity index (χ3v) is 9.00. The number of rotatable bonds is 11. The van der Waals surface area contributed by atoms with Crippen molar-refractivity contribution in [3.8, 4) is 28.5 Å².